The number of aliphatic hydroxyl groups excluding tert-OH is 1. The molecule has 2 aromatic rings. The minimum Gasteiger partial charge on any atom is -0.452 e. The van der Waals surface area contributed by atoms with E-state index < -0.39 is 12.1 Å². The fourth-order valence-corrected chi connectivity index (χ4v) is 1.87. The summed E-state index contributed by atoms with van der Waals surface area (Å²) in [5.74, 6) is -0.403. The van der Waals surface area contributed by atoms with E-state index in [9.17, 15) is 4.79 Å². The number of esters is 1. The summed E-state index contributed by atoms with van der Waals surface area (Å²) in [4.78, 5) is 11.6. The molecule has 0 fully saturated rings. The third-order valence-corrected chi connectivity index (χ3v) is 2.77. The first kappa shape index (κ1) is 13.3. The molecule has 3 heteroatoms. The summed E-state index contributed by atoms with van der Waals surface area (Å²) < 4.78 is 5.46. The molecular formula is C16H16O3. The molecule has 0 radical (unpaired) electrons. The quantitative estimate of drug-likeness (QED) is 0.837. The van der Waals surface area contributed by atoms with E-state index in [4.69, 9.17) is 9.84 Å². The van der Waals surface area contributed by atoms with Crippen LogP contribution in [0.25, 0.3) is 0 Å². The van der Waals surface area contributed by atoms with Gasteiger partial charge in [0.05, 0.1) is 13.0 Å². The highest BCUT2D eigenvalue weighted by Gasteiger charge is 2.18. The van der Waals surface area contributed by atoms with Gasteiger partial charge in [-0.2, -0.15) is 0 Å². The predicted octanol–water partition coefficient (Wildman–Crippen LogP) is 2.70. The van der Waals surface area contributed by atoms with E-state index in [1.54, 1.807) is 0 Å². The molecule has 0 aliphatic heterocycles. The molecule has 0 unspecified atom stereocenters. The second-order valence-electron chi connectivity index (χ2n) is 4.16. The molecule has 0 aliphatic rings. The lowest BCUT2D eigenvalue weighted by atomic mass is 10.0. The summed E-state index contributed by atoms with van der Waals surface area (Å²) >= 11 is 0. The number of carbonyl (C=O) groups excluding carboxylic acids is 1. The Hall–Kier alpha value is -2.13. The molecule has 0 bridgehead atoms. The minimum absolute atomic E-state index is 0.0101. The van der Waals surface area contributed by atoms with Gasteiger partial charge in [0.15, 0.2) is 6.10 Å². The number of hydrogen-bond donors (Lipinski definition) is 1. The molecule has 0 atom stereocenters. The van der Waals surface area contributed by atoms with Gasteiger partial charge in [0.25, 0.3) is 0 Å². The highest BCUT2D eigenvalue weighted by atomic mass is 16.5. The highest BCUT2D eigenvalue weighted by Crippen LogP contribution is 2.26. The normalized spacial score (nSPS) is 10.4. The maximum atomic E-state index is 11.6. The van der Waals surface area contributed by atoms with Crippen LogP contribution in [0.15, 0.2) is 60.7 Å². The van der Waals surface area contributed by atoms with Crippen LogP contribution in [-0.4, -0.2) is 17.7 Å². The van der Waals surface area contributed by atoms with E-state index in [2.05, 4.69) is 0 Å². The second-order valence-corrected chi connectivity index (χ2v) is 4.16. The summed E-state index contributed by atoms with van der Waals surface area (Å²) in [6.07, 6.45) is -0.419. The number of carbonyl (C=O) groups is 1. The molecule has 0 saturated carbocycles. The van der Waals surface area contributed by atoms with Crippen LogP contribution in [0.1, 0.15) is 23.7 Å². The fourth-order valence-electron chi connectivity index (χ4n) is 1.87. The molecule has 0 amide bonds. The van der Waals surface area contributed by atoms with Gasteiger partial charge in [-0.05, 0) is 11.1 Å². The van der Waals surface area contributed by atoms with E-state index in [0.29, 0.717) is 0 Å². The molecule has 0 aromatic heterocycles. The van der Waals surface area contributed by atoms with Crippen LogP contribution < -0.4 is 0 Å². The average Bonchev–Trinajstić information content (AvgIpc) is 2.47. The fraction of sp³-hybridized carbons (Fsp3) is 0.188. The van der Waals surface area contributed by atoms with Crippen molar-refractivity contribution in [2.75, 3.05) is 6.61 Å². The van der Waals surface area contributed by atoms with E-state index in [1.807, 2.05) is 60.7 Å². The maximum absolute atomic E-state index is 11.6. The molecule has 1 N–H and O–H groups in total. The average molecular weight is 256 g/mol. The van der Waals surface area contributed by atoms with Gasteiger partial charge in [0.2, 0.25) is 0 Å². The lowest BCUT2D eigenvalue weighted by Gasteiger charge is -2.18. The standard InChI is InChI=1S/C16H16O3/c17-12-11-15(18)19-16(13-7-3-1-4-8-13)14-9-5-2-6-10-14/h1-10,16-17H,11-12H2. The van der Waals surface area contributed by atoms with E-state index >= 15 is 0 Å². The zero-order valence-electron chi connectivity index (χ0n) is 10.5. The smallest absolute Gasteiger partial charge is 0.309 e. The zero-order valence-corrected chi connectivity index (χ0v) is 10.5. The summed E-state index contributed by atoms with van der Waals surface area (Å²) in [6, 6.07) is 19.1. The second kappa shape index (κ2) is 6.71. The van der Waals surface area contributed by atoms with Gasteiger partial charge in [-0.15, -0.1) is 0 Å². The van der Waals surface area contributed by atoms with Crippen LogP contribution in [0.5, 0.6) is 0 Å². The van der Waals surface area contributed by atoms with Gasteiger partial charge in [0, 0.05) is 0 Å². The van der Waals surface area contributed by atoms with Gasteiger partial charge in [-0.1, -0.05) is 60.7 Å². The van der Waals surface area contributed by atoms with Crippen molar-refractivity contribution in [3.8, 4) is 0 Å². The molecule has 0 spiro atoms. The number of rotatable bonds is 5. The molecule has 2 rings (SSSR count). The van der Waals surface area contributed by atoms with Crippen molar-refractivity contribution in [1.29, 1.82) is 0 Å². The molecule has 2 aromatic carbocycles. The molecule has 0 heterocycles. The van der Waals surface area contributed by atoms with Gasteiger partial charge < -0.3 is 9.84 Å². The first-order valence-corrected chi connectivity index (χ1v) is 6.21. The van der Waals surface area contributed by atoms with Crippen LogP contribution in [0, 0.1) is 0 Å². The summed E-state index contributed by atoms with van der Waals surface area (Å²) in [5, 5.41) is 8.79. The monoisotopic (exact) mass is 256 g/mol. The SMILES string of the molecule is O=C(CCO)OC(c1ccccc1)c1ccccc1. The Balaban J connectivity index is 2.26. The van der Waals surface area contributed by atoms with Crippen molar-refractivity contribution in [2.45, 2.75) is 12.5 Å². The number of ether oxygens (including phenoxy) is 1. The van der Waals surface area contributed by atoms with Gasteiger partial charge in [-0.25, -0.2) is 0 Å². The third-order valence-electron chi connectivity index (χ3n) is 2.77. The molecule has 19 heavy (non-hydrogen) atoms. The number of hydrogen-bond acceptors (Lipinski definition) is 3. The van der Waals surface area contributed by atoms with Gasteiger partial charge in [0.1, 0.15) is 0 Å². The maximum Gasteiger partial charge on any atom is 0.309 e. The Bertz CT molecular complexity index is 469. The van der Waals surface area contributed by atoms with Crippen molar-refractivity contribution < 1.29 is 14.6 Å². The minimum atomic E-state index is -0.429. The summed E-state index contributed by atoms with van der Waals surface area (Å²) in [7, 11) is 0. The summed E-state index contributed by atoms with van der Waals surface area (Å²) in [5.41, 5.74) is 1.83. The van der Waals surface area contributed by atoms with Gasteiger partial charge in [-0.3, -0.25) is 4.79 Å². The summed E-state index contributed by atoms with van der Waals surface area (Å²) in [6.45, 7) is -0.199. The van der Waals surface area contributed by atoms with Crippen LogP contribution in [-0.2, 0) is 9.53 Å². The Kier molecular flexibility index (Phi) is 4.70. The van der Waals surface area contributed by atoms with Crippen molar-refractivity contribution in [3.05, 3.63) is 71.8 Å². The molecule has 3 nitrogen and oxygen atoms in total. The zero-order chi connectivity index (χ0) is 13.5. The van der Waals surface area contributed by atoms with E-state index in [-0.39, 0.29) is 13.0 Å². The van der Waals surface area contributed by atoms with Crippen LogP contribution >= 0.6 is 0 Å². The largest absolute Gasteiger partial charge is 0.452 e. The molecule has 98 valence electrons. The Morgan fingerprint density at radius 3 is 1.84 bits per heavy atom. The van der Waals surface area contributed by atoms with Crippen molar-refractivity contribution in [1.82, 2.24) is 0 Å². The van der Waals surface area contributed by atoms with Crippen molar-refractivity contribution >= 4 is 5.97 Å². The van der Waals surface area contributed by atoms with E-state index in [1.165, 1.54) is 0 Å². The Labute approximate surface area is 112 Å². The van der Waals surface area contributed by atoms with Crippen molar-refractivity contribution in [3.63, 3.8) is 0 Å². The molecule has 0 saturated heterocycles. The predicted molar refractivity (Wildman–Crippen MR) is 72.5 cm³/mol. The molecule has 0 aliphatic carbocycles. The lowest BCUT2D eigenvalue weighted by molar-refractivity contribution is -0.148. The van der Waals surface area contributed by atoms with E-state index in [0.717, 1.165) is 11.1 Å². The highest BCUT2D eigenvalue weighted by molar-refractivity contribution is 5.70. The topological polar surface area (TPSA) is 46.5 Å². The third kappa shape index (κ3) is 3.66. The first-order chi connectivity index (χ1) is 9.31. The lowest BCUT2D eigenvalue weighted by Crippen LogP contribution is -2.13. The Morgan fingerprint density at radius 2 is 1.42 bits per heavy atom. The Morgan fingerprint density at radius 1 is 0.947 bits per heavy atom. The van der Waals surface area contributed by atoms with Crippen LogP contribution in [0.2, 0.25) is 0 Å². The van der Waals surface area contributed by atoms with Crippen LogP contribution in [0.3, 0.4) is 0 Å². The number of benzene rings is 2. The van der Waals surface area contributed by atoms with Crippen molar-refractivity contribution in [2.24, 2.45) is 0 Å². The van der Waals surface area contributed by atoms with Crippen LogP contribution in [0.4, 0.5) is 0 Å². The first-order valence-electron chi connectivity index (χ1n) is 6.21. The van der Waals surface area contributed by atoms with Gasteiger partial charge >= 0.3 is 5.97 Å². The molecular weight excluding hydrogens is 240 g/mol. The number of aliphatic hydroxyl groups is 1.